The number of nitrogens with one attached hydrogen (secondary N) is 1. The first-order chi connectivity index (χ1) is 30.0. The first-order valence-electron chi connectivity index (χ1n) is 26.1. The van der Waals surface area contributed by atoms with Gasteiger partial charge in [-0.2, -0.15) is 0 Å². The summed E-state index contributed by atoms with van der Waals surface area (Å²) in [6, 6.07) is -0.715. The van der Waals surface area contributed by atoms with Crippen LogP contribution in [0.5, 0.6) is 0 Å². The van der Waals surface area contributed by atoms with Crippen molar-refractivity contribution >= 4 is 11.9 Å². The van der Waals surface area contributed by atoms with Crippen LogP contribution < -0.4 is 5.32 Å². The predicted molar refractivity (Wildman–Crippen MR) is 264 cm³/mol. The molecule has 0 radical (unpaired) electrons. The number of aliphatic hydroxyl groups is 2. The molecule has 3 unspecified atom stereocenters. The van der Waals surface area contributed by atoms with Crippen molar-refractivity contribution in [2.75, 3.05) is 6.61 Å². The van der Waals surface area contributed by atoms with Crippen molar-refractivity contribution in [3.63, 3.8) is 0 Å². The second-order valence-corrected chi connectivity index (χ2v) is 17.6. The zero-order valence-corrected chi connectivity index (χ0v) is 40.3. The van der Waals surface area contributed by atoms with E-state index in [1.807, 2.05) is 24.3 Å². The van der Waals surface area contributed by atoms with E-state index in [0.29, 0.717) is 19.3 Å². The fraction of sp³-hybridized carbons (Fsp3) is 0.782. The maximum Gasteiger partial charge on any atom is 0.306 e. The summed E-state index contributed by atoms with van der Waals surface area (Å²) in [5.74, 6) is -0.533. The van der Waals surface area contributed by atoms with Gasteiger partial charge in [-0.1, -0.05) is 229 Å². The van der Waals surface area contributed by atoms with E-state index in [1.165, 1.54) is 122 Å². The highest BCUT2D eigenvalue weighted by atomic mass is 16.5. The molecule has 0 aliphatic heterocycles. The number of carbonyl (C=O) groups excluding carboxylic acids is 2. The number of ether oxygens (including phenoxy) is 1. The molecule has 0 aliphatic carbocycles. The minimum atomic E-state index is -0.800. The van der Waals surface area contributed by atoms with Crippen LogP contribution >= 0.6 is 0 Å². The zero-order valence-electron chi connectivity index (χ0n) is 40.3. The first-order valence-corrected chi connectivity index (χ1v) is 26.1. The fourth-order valence-electron chi connectivity index (χ4n) is 7.73. The zero-order chi connectivity index (χ0) is 44.5. The maximum absolute atomic E-state index is 13.2. The Hall–Kier alpha value is -2.44. The van der Waals surface area contributed by atoms with E-state index in [1.54, 1.807) is 0 Å². The summed E-state index contributed by atoms with van der Waals surface area (Å²) >= 11 is 0. The molecule has 0 saturated carbocycles. The van der Waals surface area contributed by atoms with Crippen molar-refractivity contribution in [3.05, 3.63) is 60.8 Å². The summed E-state index contributed by atoms with van der Waals surface area (Å²) in [6.45, 7) is 6.34. The molecule has 0 bridgehead atoms. The number of hydrogen-bond donors (Lipinski definition) is 3. The van der Waals surface area contributed by atoms with Gasteiger partial charge in [-0.15, -0.1) is 0 Å². The number of esters is 1. The van der Waals surface area contributed by atoms with E-state index in [4.69, 9.17) is 4.74 Å². The molecule has 0 heterocycles. The van der Waals surface area contributed by atoms with Gasteiger partial charge in [0, 0.05) is 6.42 Å². The van der Waals surface area contributed by atoms with Crippen LogP contribution in [0.25, 0.3) is 0 Å². The van der Waals surface area contributed by atoms with Gasteiger partial charge in [0.15, 0.2) is 0 Å². The van der Waals surface area contributed by atoms with Crippen LogP contribution in [0.15, 0.2) is 60.8 Å². The first kappa shape index (κ1) is 58.6. The number of unbranched alkanes of at least 4 members (excludes halogenated alkanes) is 27. The lowest BCUT2D eigenvalue weighted by Gasteiger charge is -2.24. The van der Waals surface area contributed by atoms with E-state index in [-0.39, 0.29) is 24.9 Å². The van der Waals surface area contributed by atoms with Gasteiger partial charge >= 0.3 is 5.97 Å². The van der Waals surface area contributed by atoms with Crippen LogP contribution in [-0.4, -0.2) is 46.9 Å². The molecule has 0 aliphatic rings. The van der Waals surface area contributed by atoms with Gasteiger partial charge in [0.05, 0.1) is 25.2 Å². The highest BCUT2D eigenvalue weighted by molar-refractivity contribution is 5.77. The number of hydrogen-bond acceptors (Lipinski definition) is 5. The summed E-state index contributed by atoms with van der Waals surface area (Å²) in [5, 5.41) is 23.8. The SMILES string of the molecule is CC/C=C/C=C/C=C\C=C/CCCCCC(=O)OC(CCCCC/C=C/CCCCCCCCC)CC(=O)NC(CO)C(O)CCCCCCCCCCCCCCCCC. The van der Waals surface area contributed by atoms with Gasteiger partial charge < -0.3 is 20.3 Å². The van der Waals surface area contributed by atoms with E-state index < -0.39 is 18.2 Å². The van der Waals surface area contributed by atoms with Crippen LogP contribution in [0.2, 0.25) is 0 Å². The standard InChI is InChI=1S/C55H99NO5/c1-4-7-10-13-16-19-22-25-27-30-32-35-38-41-44-47-53(58)52(50-57)56-54(59)49-51(46-43-40-37-34-31-29-26-23-20-17-14-11-8-5-2)61-55(60)48-45-42-39-36-33-28-24-21-18-15-12-9-6-3/h9,12,15,18,21,24,28-29,31,33,51-53,57-58H,4-8,10-11,13-14,16-17,19-20,22-23,25-27,30,32,34-50H2,1-3H3,(H,56,59)/b12-9+,18-15+,24-21-,31-29+,33-28-. The van der Waals surface area contributed by atoms with E-state index in [0.717, 1.165) is 83.5 Å². The molecule has 61 heavy (non-hydrogen) atoms. The van der Waals surface area contributed by atoms with Crippen LogP contribution in [0.3, 0.4) is 0 Å². The topological polar surface area (TPSA) is 95.9 Å². The molecule has 0 fully saturated rings. The minimum absolute atomic E-state index is 0.0503. The van der Waals surface area contributed by atoms with E-state index >= 15 is 0 Å². The van der Waals surface area contributed by atoms with Gasteiger partial charge in [-0.05, 0) is 70.6 Å². The molecule has 0 aromatic rings. The third-order valence-electron chi connectivity index (χ3n) is 11.7. The van der Waals surface area contributed by atoms with Crippen LogP contribution in [0.4, 0.5) is 0 Å². The maximum atomic E-state index is 13.2. The van der Waals surface area contributed by atoms with Gasteiger partial charge in [0.1, 0.15) is 6.10 Å². The highest BCUT2D eigenvalue weighted by Crippen LogP contribution is 2.17. The van der Waals surface area contributed by atoms with Gasteiger partial charge in [0.2, 0.25) is 5.91 Å². The summed E-state index contributed by atoms with van der Waals surface area (Å²) in [5.41, 5.74) is 0. The largest absolute Gasteiger partial charge is 0.462 e. The third-order valence-corrected chi connectivity index (χ3v) is 11.7. The van der Waals surface area contributed by atoms with Crippen LogP contribution in [0.1, 0.15) is 252 Å². The molecule has 0 spiro atoms. The monoisotopic (exact) mass is 854 g/mol. The number of carbonyl (C=O) groups is 2. The average molecular weight is 854 g/mol. The molecular weight excluding hydrogens is 755 g/mol. The van der Waals surface area contributed by atoms with E-state index in [2.05, 4.69) is 62.5 Å². The molecule has 1 amide bonds. The summed E-state index contributed by atoms with van der Waals surface area (Å²) in [7, 11) is 0. The van der Waals surface area contributed by atoms with Crippen LogP contribution in [0, 0.1) is 0 Å². The lowest BCUT2D eigenvalue weighted by molar-refractivity contribution is -0.151. The minimum Gasteiger partial charge on any atom is -0.462 e. The Morgan fingerprint density at radius 1 is 0.492 bits per heavy atom. The van der Waals surface area contributed by atoms with Crippen LogP contribution in [-0.2, 0) is 14.3 Å². The molecule has 6 nitrogen and oxygen atoms in total. The molecule has 0 rings (SSSR count). The van der Waals surface area contributed by atoms with Crippen molar-refractivity contribution in [2.45, 2.75) is 270 Å². The lowest BCUT2D eigenvalue weighted by atomic mass is 10.0. The van der Waals surface area contributed by atoms with Crippen molar-refractivity contribution in [1.82, 2.24) is 5.32 Å². The van der Waals surface area contributed by atoms with E-state index in [9.17, 15) is 19.8 Å². The number of allylic oxidation sites excluding steroid dienone is 10. The Morgan fingerprint density at radius 2 is 0.902 bits per heavy atom. The van der Waals surface area contributed by atoms with Crippen molar-refractivity contribution in [1.29, 1.82) is 0 Å². The summed E-state index contributed by atoms with van der Waals surface area (Å²) < 4.78 is 5.90. The summed E-state index contributed by atoms with van der Waals surface area (Å²) in [4.78, 5) is 26.1. The van der Waals surface area contributed by atoms with Gasteiger partial charge in [-0.25, -0.2) is 0 Å². The van der Waals surface area contributed by atoms with Gasteiger partial charge in [0.25, 0.3) is 0 Å². The quantitative estimate of drug-likeness (QED) is 0.0245. The number of amides is 1. The smallest absolute Gasteiger partial charge is 0.306 e. The molecule has 6 heteroatoms. The van der Waals surface area contributed by atoms with Gasteiger partial charge in [-0.3, -0.25) is 9.59 Å². The average Bonchev–Trinajstić information content (AvgIpc) is 3.25. The molecule has 354 valence electrons. The predicted octanol–water partition coefficient (Wildman–Crippen LogP) is 15.6. The number of aliphatic hydroxyl groups excluding tert-OH is 2. The summed E-state index contributed by atoms with van der Waals surface area (Å²) in [6.07, 6.45) is 59.9. The molecule has 3 N–H and O–H groups in total. The number of rotatable bonds is 46. The second-order valence-electron chi connectivity index (χ2n) is 17.6. The normalized spacial score (nSPS) is 13.7. The molecule has 0 aromatic carbocycles. The van der Waals surface area contributed by atoms with Crippen molar-refractivity contribution < 1.29 is 24.5 Å². The van der Waals surface area contributed by atoms with Crippen molar-refractivity contribution in [3.8, 4) is 0 Å². The Balaban J connectivity index is 4.63. The Bertz CT molecular complexity index is 1090. The molecular formula is C55H99NO5. The molecule has 3 atom stereocenters. The molecule has 0 saturated heterocycles. The second kappa shape index (κ2) is 48.6. The molecule has 0 aromatic heterocycles. The van der Waals surface area contributed by atoms with Crippen molar-refractivity contribution in [2.24, 2.45) is 0 Å². The fourth-order valence-corrected chi connectivity index (χ4v) is 7.73. The lowest BCUT2D eigenvalue weighted by Crippen LogP contribution is -2.46. The third kappa shape index (κ3) is 44.0. The Labute approximate surface area is 378 Å². The Kier molecular flexibility index (Phi) is 46.6. The Morgan fingerprint density at radius 3 is 1.41 bits per heavy atom. The highest BCUT2D eigenvalue weighted by Gasteiger charge is 2.24.